The molecule has 7 heteroatoms. The minimum absolute atomic E-state index is 0.224. The van der Waals surface area contributed by atoms with E-state index >= 15 is 0 Å². The van der Waals surface area contributed by atoms with Crippen molar-refractivity contribution in [1.29, 1.82) is 0 Å². The number of hydrogen-bond donors (Lipinski definition) is 2. The van der Waals surface area contributed by atoms with E-state index in [0.29, 0.717) is 16.3 Å². The van der Waals surface area contributed by atoms with E-state index in [-0.39, 0.29) is 18.3 Å². The van der Waals surface area contributed by atoms with Gasteiger partial charge in [-0.2, -0.15) is 0 Å². The monoisotopic (exact) mass is 373 g/mol. The van der Waals surface area contributed by atoms with Crippen molar-refractivity contribution in [2.75, 3.05) is 6.54 Å². The lowest BCUT2D eigenvalue weighted by atomic mass is 9.85. The lowest BCUT2D eigenvalue weighted by molar-refractivity contribution is 0.00520. The second kappa shape index (κ2) is 6.81. The first-order valence-corrected chi connectivity index (χ1v) is 9.65. The van der Waals surface area contributed by atoms with E-state index < -0.39 is 5.60 Å². The Morgan fingerprint density at radius 2 is 2.00 bits per heavy atom. The molecular weight excluding hydrogens is 353 g/mol. The lowest BCUT2D eigenvalue weighted by Crippen LogP contribution is -2.44. The zero-order valence-corrected chi connectivity index (χ0v) is 15.1. The molecule has 0 atom stereocenters. The Balaban J connectivity index is 1.53. The fourth-order valence-electron chi connectivity index (χ4n) is 3.43. The Morgan fingerprint density at radius 1 is 1.27 bits per heavy atom. The molecular formula is C19H20FN3O2S. The number of carbonyl (C=O) groups is 1. The van der Waals surface area contributed by atoms with Crippen molar-refractivity contribution in [3.8, 4) is 11.3 Å². The van der Waals surface area contributed by atoms with Gasteiger partial charge in [0.2, 0.25) is 0 Å². The third kappa shape index (κ3) is 3.37. The molecule has 1 aliphatic carbocycles. The highest BCUT2D eigenvalue weighted by atomic mass is 32.1. The highest BCUT2D eigenvalue weighted by molar-refractivity contribution is 7.15. The number of fused-ring (bicyclic) bond motifs is 1. The zero-order valence-electron chi connectivity index (χ0n) is 14.2. The molecule has 2 N–H and O–H groups in total. The van der Waals surface area contributed by atoms with Crippen molar-refractivity contribution < 1.29 is 14.3 Å². The molecule has 1 fully saturated rings. The molecule has 5 nitrogen and oxygen atoms in total. The van der Waals surface area contributed by atoms with Gasteiger partial charge >= 0.3 is 0 Å². The van der Waals surface area contributed by atoms with E-state index in [1.54, 1.807) is 28.1 Å². The van der Waals surface area contributed by atoms with Crippen LogP contribution < -0.4 is 5.32 Å². The van der Waals surface area contributed by atoms with Gasteiger partial charge in [-0.15, -0.1) is 11.3 Å². The zero-order chi connectivity index (χ0) is 18.1. The van der Waals surface area contributed by atoms with E-state index in [1.165, 1.54) is 23.5 Å². The van der Waals surface area contributed by atoms with Gasteiger partial charge in [0, 0.05) is 23.7 Å². The number of aromatic nitrogens is 2. The first kappa shape index (κ1) is 17.2. The molecule has 0 bridgehead atoms. The van der Waals surface area contributed by atoms with Gasteiger partial charge in [0.25, 0.3) is 5.91 Å². The molecule has 1 aromatic carbocycles. The predicted octanol–water partition coefficient (Wildman–Crippen LogP) is 3.63. The summed E-state index contributed by atoms with van der Waals surface area (Å²) in [4.78, 5) is 17.8. The van der Waals surface area contributed by atoms with Gasteiger partial charge in [-0.25, -0.2) is 9.37 Å². The Labute approximate surface area is 154 Å². The highest BCUT2D eigenvalue weighted by Gasteiger charge is 2.30. The third-order valence-electron chi connectivity index (χ3n) is 4.94. The highest BCUT2D eigenvalue weighted by Crippen LogP contribution is 2.28. The van der Waals surface area contributed by atoms with Crippen LogP contribution in [0.4, 0.5) is 4.39 Å². The number of amides is 1. The molecule has 3 aromatic rings. The maximum Gasteiger partial charge on any atom is 0.269 e. The minimum Gasteiger partial charge on any atom is -0.388 e. The maximum atomic E-state index is 13.1. The molecule has 0 aliphatic heterocycles. The molecule has 2 aromatic heterocycles. The maximum absolute atomic E-state index is 13.1. The Bertz CT molecular complexity index is 926. The fourth-order valence-corrected chi connectivity index (χ4v) is 4.28. The number of halogens is 1. The van der Waals surface area contributed by atoms with E-state index in [1.807, 2.05) is 0 Å². The summed E-state index contributed by atoms with van der Waals surface area (Å²) in [6.07, 6.45) is 6.37. The summed E-state index contributed by atoms with van der Waals surface area (Å²) in [5, 5.41) is 15.2. The number of nitrogens with one attached hydrogen (secondary N) is 1. The molecule has 0 spiro atoms. The Hall–Kier alpha value is -2.25. The molecule has 1 aliphatic rings. The van der Waals surface area contributed by atoms with Gasteiger partial charge < -0.3 is 10.4 Å². The van der Waals surface area contributed by atoms with Crippen LogP contribution in [0.3, 0.4) is 0 Å². The van der Waals surface area contributed by atoms with Crippen LogP contribution in [-0.4, -0.2) is 32.5 Å². The van der Waals surface area contributed by atoms with Gasteiger partial charge in [0.05, 0.1) is 11.3 Å². The van der Waals surface area contributed by atoms with Gasteiger partial charge in [0.1, 0.15) is 11.5 Å². The Morgan fingerprint density at radius 3 is 2.73 bits per heavy atom. The summed E-state index contributed by atoms with van der Waals surface area (Å²) in [6.45, 7) is 0.267. The van der Waals surface area contributed by atoms with Gasteiger partial charge in [-0.3, -0.25) is 9.20 Å². The van der Waals surface area contributed by atoms with E-state index in [2.05, 4.69) is 10.3 Å². The number of carbonyl (C=O) groups excluding carboxylic acids is 1. The summed E-state index contributed by atoms with van der Waals surface area (Å²) >= 11 is 1.38. The van der Waals surface area contributed by atoms with Crippen LogP contribution in [0.1, 0.15) is 42.6 Å². The summed E-state index contributed by atoms with van der Waals surface area (Å²) in [5.41, 5.74) is 1.18. The van der Waals surface area contributed by atoms with Gasteiger partial charge in [-0.1, -0.05) is 19.3 Å². The first-order valence-electron chi connectivity index (χ1n) is 8.77. The second-order valence-electron chi connectivity index (χ2n) is 6.87. The standard InChI is InChI=1S/C19H20FN3O2S/c20-14-6-4-13(5-7-14)15-10-23-16(11-26-18(23)22-15)17(24)21-12-19(25)8-2-1-3-9-19/h4-7,10-11,25H,1-3,8-9,12H2,(H,21,24). The van der Waals surface area contributed by atoms with Crippen molar-refractivity contribution in [2.24, 2.45) is 0 Å². The largest absolute Gasteiger partial charge is 0.388 e. The molecule has 0 unspecified atom stereocenters. The molecule has 0 radical (unpaired) electrons. The smallest absolute Gasteiger partial charge is 0.269 e. The molecule has 0 saturated heterocycles. The van der Waals surface area contributed by atoms with Gasteiger partial charge in [-0.05, 0) is 37.1 Å². The normalized spacial score (nSPS) is 16.7. The number of thiazole rings is 1. The van der Waals surface area contributed by atoms with E-state index in [9.17, 15) is 14.3 Å². The average Bonchev–Trinajstić information content (AvgIpc) is 3.22. The molecule has 136 valence electrons. The molecule has 4 rings (SSSR count). The molecule has 2 heterocycles. The van der Waals surface area contributed by atoms with Crippen LogP contribution in [0.5, 0.6) is 0 Å². The van der Waals surface area contributed by atoms with Crippen LogP contribution in [0.25, 0.3) is 16.2 Å². The topological polar surface area (TPSA) is 66.6 Å². The number of imidazole rings is 1. The number of aliphatic hydroxyl groups is 1. The van der Waals surface area contributed by atoms with Crippen molar-refractivity contribution in [3.63, 3.8) is 0 Å². The Kier molecular flexibility index (Phi) is 4.50. The number of hydrogen-bond acceptors (Lipinski definition) is 4. The van der Waals surface area contributed by atoms with Crippen LogP contribution in [-0.2, 0) is 0 Å². The number of rotatable bonds is 4. The molecule has 26 heavy (non-hydrogen) atoms. The molecule has 1 saturated carbocycles. The fraction of sp³-hybridized carbons (Fsp3) is 0.368. The number of benzene rings is 1. The van der Waals surface area contributed by atoms with E-state index in [4.69, 9.17) is 0 Å². The second-order valence-corrected chi connectivity index (χ2v) is 7.71. The van der Waals surface area contributed by atoms with Crippen LogP contribution in [0.15, 0.2) is 35.8 Å². The van der Waals surface area contributed by atoms with Crippen molar-refractivity contribution in [2.45, 2.75) is 37.7 Å². The van der Waals surface area contributed by atoms with Crippen molar-refractivity contribution in [1.82, 2.24) is 14.7 Å². The summed E-state index contributed by atoms with van der Waals surface area (Å²) in [6, 6.07) is 6.11. The van der Waals surface area contributed by atoms with Crippen LogP contribution in [0.2, 0.25) is 0 Å². The average molecular weight is 373 g/mol. The molecule has 1 amide bonds. The summed E-state index contributed by atoms with van der Waals surface area (Å²) in [7, 11) is 0. The lowest BCUT2D eigenvalue weighted by Gasteiger charge is -2.32. The van der Waals surface area contributed by atoms with Crippen LogP contribution >= 0.6 is 11.3 Å². The summed E-state index contributed by atoms with van der Waals surface area (Å²) in [5.74, 6) is -0.520. The minimum atomic E-state index is -0.794. The van der Waals surface area contributed by atoms with E-state index in [0.717, 1.165) is 37.7 Å². The SMILES string of the molecule is O=C(NCC1(O)CCCCC1)c1csc2nc(-c3ccc(F)cc3)cn12. The van der Waals surface area contributed by atoms with Gasteiger partial charge in [0.15, 0.2) is 4.96 Å². The third-order valence-corrected chi connectivity index (χ3v) is 5.78. The summed E-state index contributed by atoms with van der Waals surface area (Å²) < 4.78 is 14.8. The van der Waals surface area contributed by atoms with Crippen molar-refractivity contribution >= 4 is 22.2 Å². The van der Waals surface area contributed by atoms with Crippen molar-refractivity contribution in [3.05, 3.63) is 47.4 Å². The first-order chi connectivity index (χ1) is 12.5. The predicted molar refractivity (Wildman–Crippen MR) is 98.8 cm³/mol. The van der Waals surface area contributed by atoms with Crippen LogP contribution in [0, 0.1) is 5.82 Å². The number of nitrogens with zero attached hydrogens (tertiary/aromatic N) is 2. The quantitative estimate of drug-likeness (QED) is 0.734.